The summed E-state index contributed by atoms with van der Waals surface area (Å²) in [6, 6.07) is 9.94. The molecule has 1 atom stereocenters. The van der Waals surface area contributed by atoms with Crippen molar-refractivity contribution in [1.82, 2.24) is 0 Å². The lowest BCUT2D eigenvalue weighted by molar-refractivity contribution is -0.122. The minimum atomic E-state index is 0.181. The first kappa shape index (κ1) is 11.2. The van der Waals surface area contributed by atoms with E-state index in [0.29, 0.717) is 5.92 Å². The SMILES string of the molecule is CCN(C(=O)C(C)C1CC1)c1ccccc1. The Kier molecular flexibility index (Phi) is 3.28. The van der Waals surface area contributed by atoms with Gasteiger partial charge in [0.2, 0.25) is 5.91 Å². The standard InChI is InChI=1S/C14H19NO/c1-3-15(13-7-5-4-6-8-13)14(16)11(2)12-9-10-12/h4-8,11-12H,3,9-10H2,1-2H3. The Morgan fingerprint density at radius 3 is 2.50 bits per heavy atom. The highest BCUT2D eigenvalue weighted by molar-refractivity contribution is 5.95. The van der Waals surface area contributed by atoms with Gasteiger partial charge < -0.3 is 4.90 Å². The lowest BCUT2D eigenvalue weighted by atomic mass is 10.0. The Morgan fingerprint density at radius 1 is 1.38 bits per heavy atom. The van der Waals surface area contributed by atoms with Crippen molar-refractivity contribution in [2.24, 2.45) is 11.8 Å². The van der Waals surface area contributed by atoms with Crippen LogP contribution in [-0.4, -0.2) is 12.5 Å². The van der Waals surface area contributed by atoms with Crippen molar-refractivity contribution < 1.29 is 4.79 Å². The molecule has 1 aliphatic carbocycles. The molecule has 0 saturated heterocycles. The van der Waals surface area contributed by atoms with E-state index in [4.69, 9.17) is 0 Å². The normalized spacial score (nSPS) is 16.9. The van der Waals surface area contributed by atoms with E-state index < -0.39 is 0 Å². The molecule has 0 bridgehead atoms. The molecule has 16 heavy (non-hydrogen) atoms. The zero-order chi connectivity index (χ0) is 11.5. The largest absolute Gasteiger partial charge is 0.312 e. The highest BCUT2D eigenvalue weighted by Crippen LogP contribution is 2.37. The highest BCUT2D eigenvalue weighted by atomic mass is 16.2. The third-order valence-corrected chi connectivity index (χ3v) is 3.37. The van der Waals surface area contributed by atoms with E-state index in [1.54, 1.807) is 0 Å². The van der Waals surface area contributed by atoms with E-state index >= 15 is 0 Å². The number of carbonyl (C=O) groups excluding carboxylic acids is 1. The molecule has 0 heterocycles. The molecule has 2 heteroatoms. The lowest BCUT2D eigenvalue weighted by Gasteiger charge is -2.24. The third-order valence-electron chi connectivity index (χ3n) is 3.37. The van der Waals surface area contributed by atoms with E-state index in [-0.39, 0.29) is 11.8 Å². The molecule has 0 spiro atoms. The number of nitrogens with zero attached hydrogens (tertiary/aromatic N) is 1. The van der Waals surface area contributed by atoms with Crippen molar-refractivity contribution in [3.8, 4) is 0 Å². The van der Waals surface area contributed by atoms with E-state index in [0.717, 1.165) is 12.2 Å². The maximum Gasteiger partial charge on any atom is 0.230 e. The number of benzene rings is 1. The van der Waals surface area contributed by atoms with Crippen LogP contribution >= 0.6 is 0 Å². The summed E-state index contributed by atoms with van der Waals surface area (Å²) in [6.45, 7) is 4.84. The molecule has 1 unspecified atom stereocenters. The molecule has 0 aliphatic heterocycles. The van der Waals surface area contributed by atoms with Gasteiger partial charge in [0.05, 0.1) is 0 Å². The first-order valence-corrected chi connectivity index (χ1v) is 6.10. The van der Waals surface area contributed by atoms with Crippen LogP contribution in [0.2, 0.25) is 0 Å². The molecule has 2 rings (SSSR count). The molecule has 86 valence electrons. The van der Waals surface area contributed by atoms with Crippen molar-refractivity contribution in [2.45, 2.75) is 26.7 Å². The number of hydrogen-bond acceptors (Lipinski definition) is 1. The topological polar surface area (TPSA) is 20.3 Å². The first-order chi connectivity index (χ1) is 7.74. The molecule has 2 nitrogen and oxygen atoms in total. The van der Waals surface area contributed by atoms with Gasteiger partial charge in [-0.15, -0.1) is 0 Å². The number of hydrogen-bond donors (Lipinski definition) is 0. The summed E-state index contributed by atoms with van der Waals surface area (Å²) in [4.78, 5) is 14.2. The van der Waals surface area contributed by atoms with Crippen molar-refractivity contribution >= 4 is 11.6 Å². The summed E-state index contributed by atoms with van der Waals surface area (Å²) >= 11 is 0. The molecule has 0 N–H and O–H groups in total. The van der Waals surface area contributed by atoms with Gasteiger partial charge in [0.25, 0.3) is 0 Å². The summed E-state index contributed by atoms with van der Waals surface area (Å²) < 4.78 is 0. The van der Waals surface area contributed by atoms with Crippen LogP contribution < -0.4 is 4.90 Å². The smallest absolute Gasteiger partial charge is 0.230 e. The first-order valence-electron chi connectivity index (χ1n) is 6.10. The number of carbonyl (C=O) groups is 1. The predicted molar refractivity (Wildman–Crippen MR) is 66.4 cm³/mol. The van der Waals surface area contributed by atoms with Gasteiger partial charge in [0.1, 0.15) is 0 Å². The minimum Gasteiger partial charge on any atom is -0.312 e. The third kappa shape index (κ3) is 2.26. The molecule has 1 fully saturated rings. The molecule has 1 aliphatic rings. The Hall–Kier alpha value is -1.31. The molecule has 0 aromatic heterocycles. The molecule has 1 amide bonds. The maximum atomic E-state index is 12.3. The minimum absolute atomic E-state index is 0.181. The van der Waals surface area contributed by atoms with Gasteiger partial charge in [-0.25, -0.2) is 0 Å². The molecule has 0 radical (unpaired) electrons. The van der Waals surface area contributed by atoms with Crippen molar-refractivity contribution in [2.75, 3.05) is 11.4 Å². The van der Waals surface area contributed by atoms with Crippen LogP contribution in [0.4, 0.5) is 5.69 Å². The number of rotatable bonds is 4. The lowest BCUT2D eigenvalue weighted by Crippen LogP contribution is -2.35. The Morgan fingerprint density at radius 2 is 2.00 bits per heavy atom. The summed E-state index contributed by atoms with van der Waals surface area (Å²) in [5.74, 6) is 1.08. The van der Waals surface area contributed by atoms with E-state index in [1.165, 1.54) is 12.8 Å². The fraction of sp³-hybridized carbons (Fsp3) is 0.500. The van der Waals surface area contributed by atoms with Crippen LogP contribution in [0, 0.1) is 11.8 Å². The highest BCUT2D eigenvalue weighted by Gasteiger charge is 2.34. The van der Waals surface area contributed by atoms with Gasteiger partial charge in [0.15, 0.2) is 0 Å². The van der Waals surface area contributed by atoms with Crippen molar-refractivity contribution in [3.05, 3.63) is 30.3 Å². The molecule has 1 aromatic rings. The zero-order valence-electron chi connectivity index (χ0n) is 10.0. The van der Waals surface area contributed by atoms with Gasteiger partial charge in [-0.2, -0.15) is 0 Å². The number of para-hydroxylation sites is 1. The number of amides is 1. The Bertz CT molecular complexity index is 356. The number of anilines is 1. The van der Waals surface area contributed by atoms with Crippen LogP contribution in [-0.2, 0) is 4.79 Å². The van der Waals surface area contributed by atoms with Crippen molar-refractivity contribution in [3.63, 3.8) is 0 Å². The molecule has 1 aromatic carbocycles. The van der Waals surface area contributed by atoms with Gasteiger partial charge >= 0.3 is 0 Å². The quantitative estimate of drug-likeness (QED) is 0.759. The van der Waals surface area contributed by atoms with Crippen LogP contribution in [0.25, 0.3) is 0 Å². The Labute approximate surface area is 97.3 Å². The van der Waals surface area contributed by atoms with Gasteiger partial charge in [0, 0.05) is 18.2 Å². The fourth-order valence-electron chi connectivity index (χ4n) is 2.12. The van der Waals surface area contributed by atoms with E-state index in [2.05, 4.69) is 6.92 Å². The van der Waals surface area contributed by atoms with Crippen LogP contribution in [0.15, 0.2) is 30.3 Å². The molecular weight excluding hydrogens is 198 g/mol. The second-order valence-corrected chi connectivity index (χ2v) is 4.54. The average molecular weight is 217 g/mol. The monoisotopic (exact) mass is 217 g/mol. The van der Waals surface area contributed by atoms with Gasteiger partial charge in [-0.05, 0) is 37.8 Å². The van der Waals surface area contributed by atoms with E-state index in [1.807, 2.05) is 42.2 Å². The average Bonchev–Trinajstić information content (AvgIpc) is 3.14. The Balaban J connectivity index is 2.12. The van der Waals surface area contributed by atoms with Gasteiger partial charge in [-0.3, -0.25) is 4.79 Å². The van der Waals surface area contributed by atoms with Crippen molar-refractivity contribution in [1.29, 1.82) is 0 Å². The summed E-state index contributed by atoms with van der Waals surface area (Å²) in [6.07, 6.45) is 2.44. The fourth-order valence-corrected chi connectivity index (χ4v) is 2.12. The van der Waals surface area contributed by atoms with Crippen LogP contribution in [0.3, 0.4) is 0 Å². The molecular formula is C14H19NO. The summed E-state index contributed by atoms with van der Waals surface area (Å²) in [5.41, 5.74) is 1.02. The summed E-state index contributed by atoms with van der Waals surface area (Å²) in [7, 11) is 0. The van der Waals surface area contributed by atoms with Gasteiger partial charge in [-0.1, -0.05) is 25.1 Å². The second-order valence-electron chi connectivity index (χ2n) is 4.54. The predicted octanol–water partition coefficient (Wildman–Crippen LogP) is 3.09. The van der Waals surface area contributed by atoms with E-state index in [9.17, 15) is 4.79 Å². The second kappa shape index (κ2) is 4.69. The zero-order valence-corrected chi connectivity index (χ0v) is 10.0. The summed E-state index contributed by atoms with van der Waals surface area (Å²) in [5, 5.41) is 0. The van der Waals surface area contributed by atoms with Crippen LogP contribution in [0.5, 0.6) is 0 Å². The molecule has 1 saturated carbocycles. The van der Waals surface area contributed by atoms with Crippen LogP contribution in [0.1, 0.15) is 26.7 Å². The maximum absolute atomic E-state index is 12.3.